The van der Waals surface area contributed by atoms with Crippen LogP contribution in [0, 0.1) is 0 Å². The first-order valence-corrected chi connectivity index (χ1v) is 15.2. The molecule has 6 atom stereocenters. The van der Waals surface area contributed by atoms with E-state index in [-0.39, 0.29) is 81.8 Å². The third kappa shape index (κ3) is 4.76. The number of fused-ring (bicyclic) bond motifs is 5. The lowest BCUT2D eigenvalue weighted by molar-refractivity contribution is -0.152. The molecule has 0 amide bonds. The van der Waals surface area contributed by atoms with Crippen LogP contribution in [0.25, 0.3) is 0 Å². The van der Waals surface area contributed by atoms with Gasteiger partial charge in [-0.25, -0.2) is 4.79 Å². The highest BCUT2D eigenvalue weighted by Crippen LogP contribution is 2.50. The van der Waals surface area contributed by atoms with Gasteiger partial charge in [-0.3, -0.25) is 33.8 Å². The minimum Gasteiger partial charge on any atom is -0.492 e. The number of hydrogen-bond acceptors (Lipinski definition) is 12. The summed E-state index contributed by atoms with van der Waals surface area (Å²) >= 11 is 0. The molecule has 0 saturated carbocycles. The molecule has 2 bridgehead atoms. The van der Waals surface area contributed by atoms with Crippen molar-refractivity contribution in [2.75, 3.05) is 35.0 Å². The number of hydrogen-bond donors (Lipinski definition) is 0. The summed E-state index contributed by atoms with van der Waals surface area (Å²) in [6, 6.07) is -3.72. The van der Waals surface area contributed by atoms with Gasteiger partial charge in [-0.05, 0) is 48.1 Å². The number of nitrogens with zero attached hydrogens (tertiary/aromatic N) is 2. The Kier molecular flexibility index (Phi) is 8.93. The highest BCUT2D eigenvalue weighted by molar-refractivity contribution is 6.26. The summed E-state index contributed by atoms with van der Waals surface area (Å²) in [6.45, 7) is 7.49. The van der Waals surface area contributed by atoms with Crippen molar-refractivity contribution in [1.82, 2.24) is 9.80 Å². The number of allylic oxidation sites excluding steroid dienone is 5. The smallest absolute Gasteiger partial charge is 0.333 e. The van der Waals surface area contributed by atoms with Gasteiger partial charge in [0.15, 0.2) is 23.1 Å². The van der Waals surface area contributed by atoms with Crippen LogP contribution >= 0.6 is 0 Å². The van der Waals surface area contributed by atoms with E-state index < -0.39 is 53.8 Å². The second-order valence-electron chi connectivity index (χ2n) is 12.4. The molecule has 0 aromatic heterocycles. The fraction of sp³-hybridized carbons (Fsp3) is 0.529. The molecule has 12 heteroatoms. The second kappa shape index (κ2) is 12.3. The van der Waals surface area contributed by atoms with Crippen molar-refractivity contribution >= 4 is 34.9 Å². The summed E-state index contributed by atoms with van der Waals surface area (Å²) in [7, 11) is 5.90. The summed E-state index contributed by atoms with van der Waals surface area (Å²) in [5, 5.41) is 0. The number of Topliss-reactive ketones (excluding diaryl/α,β-unsaturated/α-hetero) is 5. The quantitative estimate of drug-likeness (QED) is 0.217. The molecule has 0 spiro atoms. The van der Waals surface area contributed by atoms with Gasteiger partial charge in [-0.1, -0.05) is 6.08 Å². The van der Waals surface area contributed by atoms with Gasteiger partial charge in [0, 0.05) is 64.6 Å². The largest absolute Gasteiger partial charge is 0.492 e. The van der Waals surface area contributed by atoms with Gasteiger partial charge in [0.25, 0.3) is 0 Å². The van der Waals surface area contributed by atoms with Gasteiger partial charge in [0.05, 0.1) is 32.3 Å². The Labute approximate surface area is 267 Å². The maximum Gasteiger partial charge on any atom is 0.333 e. The van der Waals surface area contributed by atoms with E-state index in [0.717, 1.165) is 0 Å². The van der Waals surface area contributed by atoms with E-state index in [1.807, 2.05) is 9.80 Å². The van der Waals surface area contributed by atoms with Crippen LogP contribution in [0.5, 0.6) is 0 Å². The van der Waals surface area contributed by atoms with Crippen LogP contribution in [0.3, 0.4) is 0 Å². The van der Waals surface area contributed by atoms with E-state index in [4.69, 9.17) is 18.9 Å². The second-order valence-corrected chi connectivity index (χ2v) is 12.4. The normalized spacial score (nSPS) is 30.4. The van der Waals surface area contributed by atoms with Crippen LogP contribution in [0.1, 0.15) is 47.5 Å². The van der Waals surface area contributed by atoms with Crippen molar-refractivity contribution in [3.63, 3.8) is 0 Å². The highest BCUT2D eigenvalue weighted by atomic mass is 16.5. The molecule has 246 valence electrons. The van der Waals surface area contributed by atoms with Gasteiger partial charge < -0.3 is 18.9 Å². The minimum atomic E-state index is -0.978. The molecule has 0 unspecified atom stereocenters. The predicted molar refractivity (Wildman–Crippen MR) is 163 cm³/mol. The zero-order valence-electron chi connectivity index (χ0n) is 27.6. The lowest BCUT2D eigenvalue weighted by Crippen LogP contribution is -2.77. The zero-order valence-corrected chi connectivity index (χ0v) is 27.6. The Bertz CT molecular complexity index is 1620. The molecule has 0 radical (unpaired) electrons. The van der Waals surface area contributed by atoms with Gasteiger partial charge in [-0.2, -0.15) is 0 Å². The summed E-state index contributed by atoms with van der Waals surface area (Å²) < 4.78 is 22.6. The van der Waals surface area contributed by atoms with E-state index in [1.165, 1.54) is 42.1 Å². The fourth-order valence-electron chi connectivity index (χ4n) is 8.01. The number of carbonyl (C=O) groups is 6. The average Bonchev–Trinajstić information content (AvgIpc) is 3.02. The van der Waals surface area contributed by atoms with Crippen LogP contribution in [-0.4, -0.2) is 116 Å². The number of esters is 1. The first-order chi connectivity index (χ1) is 21.8. The molecule has 1 saturated heterocycles. The minimum absolute atomic E-state index is 0.00390. The lowest BCUT2D eigenvalue weighted by atomic mass is 9.66. The number of methoxy groups -OCH3 is 3. The molecule has 12 nitrogen and oxygen atoms in total. The standard InChI is InChI=1S/C34H40N2O10/c1-10-14(2)34(42)46-13-21-22-18(27(38)16(4)31(43-7)29(22)40)12-20-25-23-24(28(39)17(5)32(44-8)30(23)41)33(45-9)26(35(25)6)19(36(20)21)11-15(3)37/h10,19-21,25-26,33H,11-13H2,1-9H3/b14-10-/t19-,20-,21-,25-,26+,33-/m0/s1. The maximum atomic E-state index is 14.1. The van der Waals surface area contributed by atoms with Crippen LogP contribution in [0.4, 0.5) is 0 Å². The molecule has 0 N–H and O–H groups in total. The SMILES string of the molecule is C/C=C(/C)C(=O)OC[C@H]1C2=C(C[C@H]3[C@H]4C5=C(C(=O)C(C)=C(OC)C5=O)[C@H](OC)[C@@H]([C@H](CC(C)=O)N13)N4C)C(=O)C(C)=C(OC)C2=O. The summed E-state index contributed by atoms with van der Waals surface area (Å²) in [6.07, 6.45) is 0.710. The topological polar surface area (TPSA) is 146 Å². The number of likely N-dealkylation sites (N-methyl/N-ethyl adjacent to an activating group) is 1. The predicted octanol–water partition coefficient (Wildman–Crippen LogP) is 1.74. The molecule has 3 aliphatic heterocycles. The van der Waals surface area contributed by atoms with Gasteiger partial charge in [0.2, 0.25) is 11.6 Å². The van der Waals surface area contributed by atoms with Crippen LogP contribution < -0.4 is 0 Å². The molecular weight excluding hydrogens is 596 g/mol. The van der Waals surface area contributed by atoms with Crippen molar-refractivity contribution in [2.24, 2.45) is 0 Å². The highest BCUT2D eigenvalue weighted by Gasteiger charge is 2.62. The fourth-order valence-corrected chi connectivity index (χ4v) is 8.01. The monoisotopic (exact) mass is 636 g/mol. The van der Waals surface area contributed by atoms with E-state index in [9.17, 15) is 28.8 Å². The van der Waals surface area contributed by atoms with Crippen LogP contribution in [0.15, 0.2) is 56.6 Å². The lowest BCUT2D eigenvalue weighted by Gasteiger charge is -2.63. The third-order valence-electron chi connectivity index (χ3n) is 10.1. The van der Waals surface area contributed by atoms with Crippen molar-refractivity contribution in [1.29, 1.82) is 0 Å². The van der Waals surface area contributed by atoms with Crippen LogP contribution in [0.2, 0.25) is 0 Å². The molecule has 0 aromatic carbocycles. The van der Waals surface area contributed by atoms with E-state index >= 15 is 0 Å². The van der Waals surface area contributed by atoms with Gasteiger partial charge in [-0.15, -0.1) is 0 Å². The Morgan fingerprint density at radius 3 is 2.00 bits per heavy atom. The van der Waals surface area contributed by atoms with Crippen molar-refractivity contribution in [3.8, 4) is 0 Å². The van der Waals surface area contributed by atoms with Gasteiger partial charge >= 0.3 is 5.97 Å². The molecule has 1 fully saturated rings. The first kappa shape index (κ1) is 33.4. The van der Waals surface area contributed by atoms with Crippen molar-refractivity contribution in [2.45, 2.75) is 83.8 Å². The zero-order chi connectivity index (χ0) is 33.9. The molecule has 2 aliphatic carbocycles. The first-order valence-electron chi connectivity index (χ1n) is 15.2. The Hall–Kier alpha value is -4.00. The number of ether oxygens (including phenoxy) is 4. The molecule has 3 heterocycles. The van der Waals surface area contributed by atoms with E-state index in [0.29, 0.717) is 5.57 Å². The number of rotatable bonds is 8. The summed E-state index contributed by atoms with van der Waals surface area (Å²) in [5.41, 5.74) is 1.43. The number of piperazine rings is 1. The third-order valence-corrected chi connectivity index (χ3v) is 10.1. The number of carbonyl (C=O) groups excluding carboxylic acids is 6. The Balaban J connectivity index is 1.78. The maximum absolute atomic E-state index is 14.1. The Morgan fingerprint density at radius 1 is 0.870 bits per heavy atom. The summed E-state index contributed by atoms with van der Waals surface area (Å²) in [5.74, 6) is -2.67. The molecule has 46 heavy (non-hydrogen) atoms. The number of ketones is 5. The van der Waals surface area contributed by atoms with Crippen molar-refractivity contribution in [3.05, 3.63) is 56.6 Å². The molecule has 5 rings (SSSR count). The van der Waals surface area contributed by atoms with E-state index in [2.05, 4.69) is 0 Å². The molecule has 5 aliphatic rings. The van der Waals surface area contributed by atoms with Crippen LogP contribution in [-0.2, 0) is 47.7 Å². The van der Waals surface area contributed by atoms with Crippen molar-refractivity contribution < 1.29 is 47.7 Å². The molecular formula is C34H40N2O10. The molecule has 0 aromatic rings. The summed E-state index contributed by atoms with van der Waals surface area (Å²) in [4.78, 5) is 85.8. The average molecular weight is 637 g/mol. The van der Waals surface area contributed by atoms with Gasteiger partial charge in [0.1, 0.15) is 18.5 Å². The Morgan fingerprint density at radius 2 is 1.46 bits per heavy atom. The van der Waals surface area contributed by atoms with E-state index in [1.54, 1.807) is 27.0 Å².